The van der Waals surface area contributed by atoms with Crippen LogP contribution in [0.15, 0.2) is 33.9 Å². The molecule has 2 N–H and O–H groups in total. The van der Waals surface area contributed by atoms with Crippen LogP contribution in [0.4, 0.5) is 5.69 Å². The zero-order valence-corrected chi connectivity index (χ0v) is 10.2. The molecule has 0 aliphatic heterocycles. The van der Waals surface area contributed by atoms with Gasteiger partial charge in [-0.1, -0.05) is 5.16 Å². The summed E-state index contributed by atoms with van der Waals surface area (Å²) in [6.45, 7) is 2.58. The fraction of sp³-hybridized carbons (Fsp3) is 0.273. The van der Waals surface area contributed by atoms with E-state index in [0.717, 1.165) is 16.3 Å². The molecule has 1 heterocycles. The smallest absolute Gasteiger partial charge is 0.236 e. The van der Waals surface area contributed by atoms with E-state index in [9.17, 15) is 0 Å². The van der Waals surface area contributed by atoms with Crippen molar-refractivity contribution in [3.8, 4) is 5.75 Å². The number of hydrogen-bond acceptors (Lipinski definition) is 6. The second-order valence-corrected chi connectivity index (χ2v) is 4.27. The predicted octanol–water partition coefficient (Wildman–Crippen LogP) is 2.34. The van der Waals surface area contributed by atoms with E-state index in [1.807, 2.05) is 25.1 Å². The van der Waals surface area contributed by atoms with E-state index >= 15 is 0 Å². The van der Waals surface area contributed by atoms with Gasteiger partial charge in [-0.2, -0.15) is 4.98 Å². The molecule has 2 aromatic rings. The van der Waals surface area contributed by atoms with Gasteiger partial charge in [0, 0.05) is 10.6 Å². The Labute approximate surface area is 103 Å². The summed E-state index contributed by atoms with van der Waals surface area (Å²) in [6.07, 6.45) is 1.38. The second kappa shape index (κ2) is 5.58. The average molecular weight is 251 g/mol. The quantitative estimate of drug-likeness (QED) is 0.649. The molecular weight excluding hydrogens is 238 g/mol. The first-order valence-corrected chi connectivity index (χ1v) is 6.19. The first-order valence-electron chi connectivity index (χ1n) is 5.20. The third-order valence-electron chi connectivity index (χ3n) is 2.05. The van der Waals surface area contributed by atoms with Crippen LogP contribution in [0.25, 0.3) is 0 Å². The second-order valence-electron chi connectivity index (χ2n) is 3.26. The monoisotopic (exact) mass is 251 g/mol. The predicted molar refractivity (Wildman–Crippen MR) is 65.9 cm³/mol. The van der Waals surface area contributed by atoms with Crippen LogP contribution < -0.4 is 10.5 Å². The first-order chi connectivity index (χ1) is 8.29. The molecule has 1 aromatic heterocycles. The molecule has 90 valence electrons. The minimum absolute atomic E-state index is 0.580. The van der Waals surface area contributed by atoms with Gasteiger partial charge >= 0.3 is 0 Å². The van der Waals surface area contributed by atoms with Gasteiger partial charge in [-0.05, 0) is 25.1 Å². The molecule has 0 spiro atoms. The van der Waals surface area contributed by atoms with Crippen LogP contribution in [0.5, 0.6) is 5.75 Å². The van der Waals surface area contributed by atoms with Crippen LogP contribution >= 0.6 is 11.8 Å². The Balaban J connectivity index is 2.06. The summed E-state index contributed by atoms with van der Waals surface area (Å²) in [7, 11) is 0. The molecule has 0 amide bonds. The lowest BCUT2D eigenvalue weighted by Gasteiger charge is -2.07. The molecule has 2 rings (SSSR count). The zero-order chi connectivity index (χ0) is 12.1. The van der Waals surface area contributed by atoms with E-state index in [1.54, 1.807) is 11.8 Å². The van der Waals surface area contributed by atoms with E-state index in [4.69, 9.17) is 15.0 Å². The molecule has 6 heteroatoms. The highest BCUT2D eigenvalue weighted by molar-refractivity contribution is 7.98. The molecule has 0 atom stereocenters. The lowest BCUT2D eigenvalue weighted by Crippen LogP contribution is -1.94. The number of anilines is 1. The maximum Gasteiger partial charge on any atom is 0.236 e. The SMILES string of the molecule is CCOc1ccc(N)c(SCc2ncno2)c1. The van der Waals surface area contributed by atoms with Crippen molar-refractivity contribution in [1.29, 1.82) is 0 Å². The Kier molecular flexibility index (Phi) is 3.87. The Bertz CT molecular complexity index is 474. The van der Waals surface area contributed by atoms with Crippen molar-refractivity contribution in [3.63, 3.8) is 0 Å². The Morgan fingerprint density at radius 1 is 1.47 bits per heavy atom. The van der Waals surface area contributed by atoms with E-state index in [1.165, 1.54) is 6.33 Å². The summed E-state index contributed by atoms with van der Waals surface area (Å²) in [5.41, 5.74) is 6.60. The van der Waals surface area contributed by atoms with Crippen molar-refractivity contribution in [2.75, 3.05) is 12.3 Å². The number of nitrogens with two attached hydrogens (primary N) is 1. The third kappa shape index (κ3) is 3.13. The van der Waals surface area contributed by atoms with Gasteiger partial charge in [0.25, 0.3) is 0 Å². The van der Waals surface area contributed by atoms with Crippen LogP contribution in [0, 0.1) is 0 Å². The van der Waals surface area contributed by atoms with Gasteiger partial charge < -0.3 is 15.0 Å². The summed E-state index contributed by atoms with van der Waals surface area (Å²) in [5, 5.41) is 3.55. The van der Waals surface area contributed by atoms with Crippen LogP contribution in [0.2, 0.25) is 0 Å². The highest BCUT2D eigenvalue weighted by Crippen LogP contribution is 2.31. The molecule has 0 aliphatic rings. The van der Waals surface area contributed by atoms with Gasteiger partial charge in [-0.25, -0.2) is 0 Å². The largest absolute Gasteiger partial charge is 0.494 e. The minimum atomic E-state index is 0.580. The van der Waals surface area contributed by atoms with E-state index in [-0.39, 0.29) is 0 Å². The number of hydrogen-bond donors (Lipinski definition) is 1. The van der Waals surface area contributed by atoms with Crippen LogP contribution in [0.1, 0.15) is 12.8 Å². The van der Waals surface area contributed by atoms with Crippen LogP contribution in [-0.2, 0) is 5.75 Å². The number of nitrogens with zero attached hydrogens (tertiary/aromatic N) is 2. The van der Waals surface area contributed by atoms with Crippen LogP contribution in [0.3, 0.4) is 0 Å². The normalized spacial score (nSPS) is 10.4. The molecule has 1 aromatic carbocycles. The summed E-state index contributed by atoms with van der Waals surface area (Å²) >= 11 is 1.54. The van der Waals surface area contributed by atoms with Crippen molar-refractivity contribution in [2.24, 2.45) is 0 Å². The number of aromatic nitrogens is 2. The van der Waals surface area contributed by atoms with E-state index in [0.29, 0.717) is 18.3 Å². The van der Waals surface area contributed by atoms with E-state index < -0.39 is 0 Å². The fourth-order valence-corrected chi connectivity index (χ4v) is 2.14. The molecule has 0 aliphatic carbocycles. The molecule has 0 unspecified atom stereocenters. The van der Waals surface area contributed by atoms with E-state index in [2.05, 4.69) is 10.1 Å². The van der Waals surface area contributed by atoms with Crippen molar-refractivity contribution in [3.05, 3.63) is 30.4 Å². The van der Waals surface area contributed by atoms with Gasteiger partial charge in [-0.3, -0.25) is 0 Å². The Morgan fingerprint density at radius 3 is 3.06 bits per heavy atom. The van der Waals surface area contributed by atoms with Gasteiger partial charge in [-0.15, -0.1) is 11.8 Å². The van der Waals surface area contributed by atoms with Crippen molar-refractivity contribution >= 4 is 17.4 Å². The number of ether oxygens (including phenoxy) is 1. The van der Waals surface area contributed by atoms with Crippen molar-refractivity contribution < 1.29 is 9.26 Å². The van der Waals surface area contributed by atoms with Gasteiger partial charge in [0.2, 0.25) is 5.89 Å². The Hall–Kier alpha value is -1.69. The zero-order valence-electron chi connectivity index (χ0n) is 9.42. The average Bonchev–Trinajstić information content (AvgIpc) is 2.83. The molecule has 0 radical (unpaired) electrons. The lowest BCUT2D eigenvalue weighted by molar-refractivity contribution is 0.339. The molecule has 0 fully saturated rings. The Morgan fingerprint density at radius 2 is 2.35 bits per heavy atom. The third-order valence-corrected chi connectivity index (χ3v) is 3.11. The number of nitrogen functional groups attached to an aromatic ring is 1. The first kappa shape index (κ1) is 11.8. The summed E-state index contributed by atoms with van der Waals surface area (Å²) < 4.78 is 10.3. The maximum atomic E-state index is 5.88. The highest BCUT2D eigenvalue weighted by Gasteiger charge is 2.05. The summed E-state index contributed by atoms with van der Waals surface area (Å²) in [5.74, 6) is 1.99. The topological polar surface area (TPSA) is 74.2 Å². The summed E-state index contributed by atoms with van der Waals surface area (Å²) in [4.78, 5) is 4.90. The molecule has 0 saturated carbocycles. The standard InChI is InChI=1S/C11H13N3O2S/c1-2-15-8-3-4-9(12)10(5-8)17-6-11-13-7-14-16-11/h3-5,7H,2,6,12H2,1H3. The van der Waals surface area contributed by atoms with Gasteiger partial charge in [0.05, 0.1) is 12.4 Å². The molecule has 5 nitrogen and oxygen atoms in total. The molecule has 0 saturated heterocycles. The number of thioether (sulfide) groups is 1. The van der Waals surface area contributed by atoms with Crippen LogP contribution in [-0.4, -0.2) is 16.7 Å². The minimum Gasteiger partial charge on any atom is -0.494 e. The highest BCUT2D eigenvalue weighted by atomic mass is 32.2. The number of benzene rings is 1. The molecular formula is C11H13N3O2S. The molecule has 0 bridgehead atoms. The number of rotatable bonds is 5. The van der Waals surface area contributed by atoms with Crippen molar-refractivity contribution in [2.45, 2.75) is 17.6 Å². The van der Waals surface area contributed by atoms with Gasteiger partial charge in [0.1, 0.15) is 5.75 Å². The fourth-order valence-electron chi connectivity index (χ4n) is 1.30. The van der Waals surface area contributed by atoms with Crippen molar-refractivity contribution in [1.82, 2.24) is 10.1 Å². The molecule has 17 heavy (non-hydrogen) atoms. The maximum absolute atomic E-state index is 5.88. The van der Waals surface area contributed by atoms with Gasteiger partial charge in [0.15, 0.2) is 6.33 Å². The summed E-state index contributed by atoms with van der Waals surface area (Å²) in [6, 6.07) is 5.61. The lowest BCUT2D eigenvalue weighted by atomic mass is 10.3.